The third kappa shape index (κ3) is 1.49. The zero-order chi connectivity index (χ0) is 17.3. The highest BCUT2D eigenvalue weighted by atomic mass is 16.7. The van der Waals surface area contributed by atoms with Crippen molar-refractivity contribution in [2.75, 3.05) is 6.61 Å². The van der Waals surface area contributed by atoms with Crippen LogP contribution in [0.5, 0.6) is 0 Å². The van der Waals surface area contributed by atoms with Gasteiger partial charge in [-0.3, -0.25) is 4.79 Å². The van der Waals surface area contributed by atoms with Crippen LogP contribution in [0.4, 0.5) is 0 Å². The minimum Gasteiger partial charge on any atom is -0.464 e. The fraction of sp³-hybridized carbons (Fsp3) is 0.824. The number of hydrogen-bond donors (Lipinski definition) is 1. The van der Waals surface area contributed by atoms with Crippen molar-refractivity contribution in [2.24, 2.45) is 22.7 Å². The summed E-state index contributed by atoms with van der Waals surface area (Å²) in [6.07, 6.45) is 0.625. The van der Waals surface area contributed by atoms with E-state index in [0.717, 1.165) is 6.29 Å². The molecule has 6 unspecified atom stereocenters. The quantitative estimate of drug-likeness (QED) is 0.580. The zero-order valence-corrected chi connectivity index (χ0v) is 13.8. The molecular formula is C17H22O7. The molecule has 2 bridgehead atoms. The second kappa shape index (κ2) is 4.79. The predicted octanol–water partition coefficient (Wildman–Crippen LogP) is 0.574. The van der Waals surface area contributed by atoms with Crippen molar-refractivity contribution in [3.05, 3.63) is 0 Å². The summed E-state index contributed by atoms with van der Waals surface area (Å²) in [5, 5.41) is 10.8. The number of esters is 2. The lowest BCUT2D eigenvalue weighted by atomic mass is 9.54. The van der Waals surface area contributed by atoms with Gasteiger partial charge >= 0.3 is 11.9 Å². The maximum absolute atomic E-state index is 13.0. The Balaban J connectivity index is 1.94. The highest BCUT2D eigenvalue weighted by Gasteiger charge is 2.83. The van der Waals surface area contributed by atoms with Gasteiger partial charge in [0.25, 0.3) is 0 Å². The molecule has 3 heterocycles. The Morgan fingerprint density at radius 3 is 2.83 bits per heavy atom. The first-order valence-corrected chi connectivity index (χ1v) is 8.51. The van der Waals surface area contributed by atoms with Crippen LogP contribution in [-0.2, 0) is 28.6 Å². The highest BCUT2D eigenvalue weighted by Crippen LogP contribution is 2.72. The minimum absolute atomic E-state index is 0.0987. The van der Waals surface area contributed by atoms with Gasteiger partial charge in [-0.1, -0.05) is 13.8 Å². The zero-order valence-electron chi connectivity index (χ0n) is 13.8. The molecule has 0 aromatic heterocycles. The van der Waals surface area contributed by atoms with Gasteiger partial charge in [0.1, 0.15) is 12.4 Å². The molecule has 4 fully saturated rings. The summed E-state index contributed by atoms with van der Waals surface area (Å²) in [7, 11) is 0. The van der Waals surface area contributed by atoms with Crippen LogP contribution in [0.2, 0.25) is 0 Å². The van der Waals surface area contributed by atoms with Gasteiger partial charge in [0.15, 0.2) is 11.9 Å². The lowest BCUT2D eigenvalue weighted by molar-refractivity contribution is -0.207. The Morgan fingerprint density at radius 2 is 2.12 bits per heavy atom. The molecule has 4 aliphatic rings. The summed E-state index contributed by atoms with van der Waals surface area (Å²) >= 11 is 0. The van der Waals surface area contributed by atoms with E-state index < -0.39 is 46.6 Å². The molecule has 3 saturated heterocycles. The molecule has 7 heteroatoms. The number of fused-ring (bicyclic) bond motifs is 1. The number of carbonyl (C=O) groups is 3. The summed E-state index contributed by atoms with van der Waals surface area (Å²) in [5.74, 6) is -1.94. The smallest absolute Gasteiger partial charge is 0.339 e. The summed E-state index contributed by atoms with van der Waals surface area (Å²) < 4.78 is 16.9. The van der Waals surface area contributed by atoms with Gasteiger partial charge in [-0.15, -0.1) is 0 Å². The van der Waals surface area contributed by atoms with Gasteiger partial charge in [-0.25, -0.2) is 4.79 Å². The van der Waals surface area contributed by atoms with Crippen molar-refractivity contribution in [3.8, 4) is 0 Å². The summed E-state index contributed by atoms with van der Waals surface area (Å²) in [6, 6.07) is 0. The number of aliphatic hydroxyl groups is 1. The molecule has 0 amide bonds. The van der Waals surface area contributed by atoms with Gasteiger partial charge in [-0.05, 0) is 19.3 Å². The van der Waals surface area contributed by atoms with E-state index in [0.29, 0.717) is 19.3 Å². The molecule has 4 rings (SSSR count). The third-order valence-corrected chi connectivity index (χ3v) is 7.10. The predicted molar refractivity (Wildman–Crippen MR) is 78.4 cm³/mol. The molecule has 0 aromatic rings. The molecule has 132 valence electrons. The van der Waals surface area contributed by atoms with Crippen LogP contribution in [0.3, 0.4) is 0 Å². The second-order valence-corrected chi connectivity index (χ2v) is 7.80. The number of aldehydes is 1. The van der Waals surface area contributed by atoms with E-state index in [9.17, 15) is 19.5 Å². The largest absolute Gasteiger partial charge is 0.464 e. The normalized spacial score (nSPS) is 52.8. The number of cyclic esters (lactones) is 1. The lowest BCUT2D eigenvalue weighted by Crippen LogP contribution is -2.58. The molecule has 0 aromatic carbocycles. The SMILES string of the molecule is C[C@@H]1C(=O)OC2CC3(C)C4(CC=O)CCCOC(=O)C3(OC4O)C21. The lowest BCUT2D eigenvalue weighted by Gasteiger charge is -2.47. The van der Waals surface area contributed by atoms with Crippen molar-refractivity contribution >= 4 is 18.2 Å². The standard InChI is InChI=1S/C17H22O7/c1-9-11-10(23-12(9)19)8-15(2)16(5-6-18)4-3-7-22-14(21)17(11,15)24-13(16)20/h6,9-11,13,20H,3-5,7-8H2,1-2H3/t9-,10?,11?,13?,15?,16?,17?/m0/s1. The number of ether oxygens (including phenoxy) is 3. The average Bonchev–Trinajstić information content (AvgIpc) is 3.01. The molecular weight excluding hydrogens is 316 g/mol. The molecule has 3 aliphatic heterocycles. The fourth-order valence-electron chi connectivity index (χ4n) is 5.89. The summed E-state index contributed by atoms with van der Waals surface area (Å²) in [4.78, 5) is 36.4. The number of rotatable bonds is 2. The third-order valence-electron chi connectivity index (χ3n) is 7.10. The Labute approximate surface area is 139 Å². The van der Waals surface area contributed by atoms with E-state index in [1.165, 1.54) is 0 Å². The van der Waals surface area contributed by atoms with Gasteiger partial charge in [0.2, 0.25) is 0 Å². The van der Waals surface area contributed by atoms with Gasteiger partial charge in [0.05, 0.1) is 12.5 Å². The maximum atomic E-state index is 13.0. The molecule has 7 atom stereocenters. The first-order chi connectivity index (χ1) is 11.3. The van der Waals surface area contributed by atoms with Crippen LogP contribution >= 0.6 is 0 Å². The van der Waals surface area contributed by atoms with E-state index >= 15 is 0 Å². The van der Waals surface area contributed by atoms with Crippen LogP contribution in [0.1, 0.15) is 39.5 Å². The van der Waals surface area contributed by atoms with Crippen LogP contribution in [0.25, 0.3) is 0 Å². The molecule has 1 N–H and O–H groups in total. The van der Waals surface area contributed by atoms with Crippen molar-refractivity contribution in [2.45, 2.75) is 57.5 Å². The van der Waals surface area contributed by atoms with Crippen LogP contribution < -0.4 is 0 Å². The van der Waals surface area contributed by atoms with Crippen LogP contribution in [0.15, 0.2) is 0 Å². The van der Waals surface area contributed by atoms with E-state index in [4.69, 9.17) is 14.2 Å². The minimum atomic E-state index is -1.45. The van der Waals surface area contributed by atoms with E-state index in [1.807, 2.05) is 6.92 Å². The monoisotopic (exact) mass is 338 g/mol. The Hall–Kier alpha value is -1.47. The Bertz CT molecular complexity index is 618. The average molecular weight is 338 g/mol. The fourth-order valence-corrected chi connectivity index (χ4v) is 5.89. The summed E-state index contributed by atoms with van der Waals surface area (Å²) in [6.45, 7) is 3.81. The van der Waals surface area contributed by atoms with Crippen LogP contribution in [0, 0.1) is 22.7 Å². The van der Waals surface area contributed by atoms with E-state index in [-0.39, 0.29) is 19.0 Å². The second-order valence-electron chi connectivity index (χ2n) is 7.80. The number of carbonyl (C=O) groups excluding carboxylic acids is 3. The van der Waals surface area contributed by atoms with Crippen molar-refractivity contribution in [1.29, 1.82) is 0 Å². The molecule has 7 nitrogen and oxygen atoms in total. The Morgan fingerprint density at radius 1 is 1.38 bits per heavy atom. The van der Waals surface area contributed by atoms with Gasteiger partial charge in [0, 0.05) is 23.2 Å². The number of aliphatic hydroxyl groups excluding tert-OH is 1. The Kier molecular flexibility index (Phi) is 3.20. The molecule has 1 aliphatic carbocycles. The highest BCUT2D eigenvalue weighted by molar-refractivity contribution is 5.87. The van der Waals surface area contributed by atoms with Crippen LogP contribution in [-0.4, -0.2) is 47.9 Å². The molecule has 0 spiro atoms. The van der Waals surface area contributed by atoms with Crippen molar-refractivity contribution in [1.82, 2.24) is 0 Å². The van der Waals surface area contributed by atoms with Gasteiger partial charge < -0.3 is 24.1 Å². The van der Waals surface area contributed by atoms with Crippen molar-refractivity contribution in [3.63, 3.8) is 0 Å². The summed E-state index contributed by atoms with van der Waals surface area (Å²) in [5.41, 5.74) is -3.15. The molecule has 1 saturated carbocycles. The maximum Gasteiger partial charge on any atom is 0.339 e. The number of hydrogen-bond acceptors (Lipinski definition) is 7. The van der Waals surface area contributed by atoms with E-state index in [1.54, 1.807) is 6.92 Å². The van der Waals surface area contributed by atoms with E-state index in [2.05, 4.69) is 0 Å². The first kappa shape index (κ1) is 16.0. The van der Waals surface area contributed by atoms with Gasteiger partial charge in [-0.2, -0.15) is 0 Å². The first-order valence-electron chi connectivity index (χ1n) is 8.51. The molecule has 24 heavy (non-hydrogen) atoms. The molecule has 0 radical (unpaired) electrons. The topological polar surface area (TPSA) is 99.1 Å². The van der Waals surface area contributed by atoms with Crippen molar-refractivity contribution < 1.29 is 33.7 Å².